The lowest BCUT2D eigenvalue weighted by molar-refractivity contribution is -0.122. The van der Waals surface area contributed by atoms with E-state index in [0.717, 1.165) is 17.0 Å². The van der Waals surface area contributed by atoms with Crippen molar-refractivity contribution < 1.29 is 18.8 Å². The van der Waals surface area contributed by atoms with Gasteiger partial charge < -0.3 is 5.32 Å². The predicted octanol–water partition coefficient (Wildman–Crippen LogP) is 1.64. The minimum Gasteiger partial charge on any atom is -0.352 e. The minimum absolute atomic E-state index is 0.0285. The number of anilines is 1. The molecular formula is C13H12BrFN2O3. The quantitative estimate of drug-likeness (QED) is 0.849. The van der Waals surface area contributed by atoms with E-state index in [0.29, 0.717) is 0 Å². The lowest BCUT2D eigenvalue weighted by Crippen LogP contribution is -2.42. The topological polar surface area (TPSA) is 66.5 Å². The summed E-state index contributed by atoms with van der Waals surface area (Å²) in [6.45, 7) is 3.29. The fourth-order valence-electron chi connectivity index (χ4n) is 2.01. The Morgan fingerprint density at radius 1 is 1.40 bits per heavy atom. The number of nitrogens with one attached hydrogen (secondary N) is 1. The Hall–Kier alpha value is -1.76. The Bertz CT molecular complexity index is 616. The number of ketones is 1. The average Bonchev–Trinajstić information content (AvgIpc) is 2.53. The van der Waals surface area contributed by atoms with Crippen LogP contribution in [0.4, 0.5) is 10.1 Å². The van der Waals surface area contributed by atoms with E-state index in [1.165, 1.54) is 0 Å². The van der Waals surface area contributed by atoms with E-state index < -0.39 is 17.5 Å². The van der Waals surface area contributed by atoms with Crippen molar-refractivity contribution >= 4 is 39.2 Å². The zero-order chi connectivity index (χ0) is 15.0. The highest BCUT2D eigenvalue weighted by Gasteiger charge is 2.38. The maximum atomic E-state index is 13.3. The van der Waals surface area contributed by atoms with Crippen LogP contribution in [0.5, 0.6) is 0 Å². The number of nitrogens with zero attached hydrogens (tertiary/aromatic N) is 1. The molecule has 0 aliphatic carbocycles. The first-order valence-electron chi connectivity index (χ1n) is 5.96. The molecule has 0 radical (unpaired) electrons. The van der Waals surface area contributed by atoms with Crippen molar-refractivity contribution in [3.05, 3.63) is 28.0 Å². The van der Waals surface area contributed by atoms with Crippen molar-refractivity contribution in [3.8, 4) is 0 Å². The molecule has 1 aromatic rings. The van der Waals surface area contributed by atoms with Gasteiger partial charge in [-0.1, -0.05) is 0 Å². The van der Waals surface area contributed by atoms with Gasteiger partial charge in [-0.25, -0.2) is 4.39 Å². The first-order chi connectivity index (χ1) is 9.31. The molecule has 5 nitrogen and oxygen atoms in total. The summed E-state index contributed by atoms with van der Waals surface area (Å²) in [5.74, 6) is -2.64. The number of halogens is 2. The molecule has 0 spiro atoms. The van der Waals surface area contributed by atoms with Crippen LogP contribution in [-0.4, -0.2) is 30.2 Å². The molecule has 1 aliphatic heterocycles. The van der Waals surface area contributed by atoms with E-state index in [1.54, 1.807) is 13.8 Å². The number of carbonyl (C=O) groups is 3. The molecule has 1 heterocycles. The van der Waals surface area contributed by atoms with Gasteiger partial charge in [-0.15, -0.1) is 0 Å². The third-order valence-electron chi connectivity index (χ3n) is 2.73. The van der Waals surface area contributed by atoms with Crippen molar-refractivity contribution in [1.29, 1.82) is 0 Å². The van der Waals surface area contributed by atoms with Crippen molar-refractivity contribution in [2.75, 3.05) is 11.4 Å². The lowest BCUT2D eigenvalue weighted by Gasteiger charge is -2.18. The molecule has 0 bridgehead atoms. The fourth-order valence-corrected chi connectivity index (χ4v) is 2.66. The number of hydrogen-bond donors (Lipinski definition) is 1. The van der Waals surface area contributed by atoms with Gasteiger partial charge in [0.25, 0.3) is 11.7 Å². The maximum absolute atomic E-state index is 13.3. The smallest absolute Gasteiger partial charge is 0.299 e. The highest BCUT2D eigenvalue weighted by Crippen LogP contribution is 2.36. The van der Waals surface area contributed by atoms with Gasteiger partial charge in [-0.2, -0.15) is 0 Å². The molecule has 0 fully saturated rings. The summed E-state index contributed by atoms with van der Waals surface area (Å²) >= 11 is 3.12. The number of hydrogen-bond acceptors (Lipinski definition) is 3. The summed E-state index contributed by atoms with van der Waals surface area (Å²) in [6, 6.07) is 2.07. The Kier molecular flexibility index (Phi) is 3.89. The van der Waals surface area contributed by atoms with E-state index in [1.807, 2.05) is 0 Å². The van der Waals surface area contributed by atoms with Crippen molar-refractivity contribution in [2.24, 2.45) is 0 Å². The van der Waals surface area contributed by atoms with Gasteiger partial charge in [0.1, 0.15) is 12.4 Å². The van der Waals surface area contributed by atoms with E-state index in [9.17, 15) is 18.8 Å². The molecule has 2 rings (SSSR count). The Morgan fingerprint density at radius 2 is 2.05 bits per heavy atom. The summed E-state index contributed by atoms with van der Waals surface area (Å²) in [4.78, 5) is 36.5. The van der Waals surface area contributed by atoms with Gasteiger partial charge in [0, 0.05) is 10.5 Å². The average molecular weight is 343 g/mol. The molecule has 1 N–H and O–H groups in total. The molecule has 0 aromatic heterocycles. The van der Waals surface area contributed by atoms with Gasteiger partial charge in [0.2, 0.25) is 5.91 Å². The van der Waals surface area contributed by atoms with Crippen LogP contribution in [0.15, 0.2) is 16.6 Å². The molecule has 7 heteroatoms. The second-order valence-electron chi connectivity index (χ2n) is 4.73. The SMILES string of the molecule is CC(C)NC(=O)CN1C(=O)C(=O)c2cc(F)cc(Br)c21. The monoisotopic (exact) mass is 342 g/mol. The van der Waals surface area contributed by atoms with E-state index >= 15 is 0 Å². The second-order valence-corrected chi connectivity index (χ2v) is 5.58. The number of rotatable bonds is 3. The van der Waals surface area contributed by atoms with E-state index in [2.05, 4.69) is 21.2 Å². The van der Waals surface area contributed by atoms with Crippen LogP contribution in [0.3, 0.4) is 0 Å². The van der Waals surface area contributed by atoms with Crippen molar-refractivity contribution in [3.63, 3.8) is 0 Å². The Labute approximate surface area is 123 Å². The van der Waals surface area contributed by atoms with Crippen LogP contribution in [0.25, 0.3) is 0 Å². The number of amides is 2. The molecule has 2 amide bonds. The zero-order valence-corrected chi connectivity index (χ0v) is 12.5. The van der Waals surface area contributed by atoms with Crippen LogP contribution in [-0.2, 0) is 9.59 Å². The summed E-state index contributed by atoms with van der Waals surface area (Å²) in [6.07, 6.45) is 0. The maximum Gasteiger partial charge on any atom is 0.299 e. The van der Waals surface area contributed by atoms with Gasteiger partial charge in [-0.3, -0.25) is 19.3 Å². The minimum atomic E-state index is -0.829. The van der Waals surface area contributed by atoms with Gasteiger partial charge in [0.15, 0.2) is 0 Å². The molecule has 106 valence electrons. The van der Waals surface area contributed by atoms with Gasteiger partial charge in [-0.05, 0) is 41.9 Å². The molecule has 0 saturated heterocycles. The van der Waals surface area contributed by atoms with Crippen LogP contribution in [0, 0.1) is 5.82 Å². The molecule has 0 saturated carbocycles. The highest BCUT2D eigenvalue weighted by atomic mass is 79.9. The molecule has 1 aliphatic rings. The van der Waals surface area contributed by atoms with E-state index in [4.69, 9.17) is 0 Å². The molecule has 20 heavy (non-hydrogen) atoms. The van der Waals surface area contributed by atoms with Crippen LogP contribution in [0.1, 0.15) is 24.2 Å². The Balaban J connectivity index is 2.36. The van der Waals surface area contributed by atoms with Gasteiger partial charge in [0.05, 0.1) is 11.3 Å². The first kappa shape index (κ1) is 14.6. The second kappa shape index (κ2) is 5.32. The van der Waals surface area contributed by atoms with Crippen LogP contribution >= 0.6 is 15.9 Å². The summed E-state index contributed by atoms with van der Waals surface area (Å²) in [5.41, 5.74) is 0.208. The number of benzene rings is 1. The molecule has 0 unspecified atom stereocenters. The van der Waals surface area contributed by atoms with Crippen molar-refractivity contribution in [1.82, 2.24) is 5.32 Å². The number of Topliss-reactive ketones (excluding diaryl/α,β-unsaturated/α-hetero) is 1. The Morgan fingerprint density at radius 3 is 2.65 bits per heavy atom. The largest absolute Gasteiger partial charge is 0.352 e. The van der Waals surface area contributed by atoms with E-state index in [-0.39, 0.29) is 34.2 Å². The third kappa shape index (κ3) is 2.58. The normalized spacial score (nSPS) is 13.9. The molecule has 1 aromatic carbocycles. The standard InChI is InChI=1S/C13H12BrFN2O3/c1-6(2)16-10(18)5-17-11-8(12(19)13(17)20)3-7(15)4-9(11)14/h3-4,6H,5H2,1-2H3,(H,16,18). The summed E-state index contributed by atoms with van der Waals surface area (Å²) in [5, 5.41) is 2.63. The van der Waals surface area contributed by atoms with Crippen LogP contribution < -0.4 is 10.2 Å². The number of carbonyl (C=O) groups excluding carboxylic acids is 3. The molecule has 0 atom stereocenters. The van der Waals surface area contributed by atoms with Crippen LogP contribution in [0.2, 0.25) is 0 Å². The molecular weight excluding hydrogens is 331 g/mol. The van der Waals surface area contributed by atoms with Gasteiger partial charge >= 0.3 is 0 Å². The predicted molar refractivity (Wildman–Crippen MR) is 74.1 cm³/mol. The third-order valence-corrected chi connectivity index (χ3v) is 3.34. The lowest BCUT2D eigenvalue weighted by atomic mass is 10.1. The first-order valence-corrected chi connectivity index (χ1v) is 6.75. The highest BCUT2D eigenvalue weighted by molar-refractivity contribution is 9.10. The van der Waals surface area contributed by atoms with Crippen molar-refractivity contribution in [2.45, 2.75) is 19.9 Å². The fraction of sp³-hybridized carbons (Fsp3) is 0.308. The number of fused-ring (bicyclic) bond motifs is 1. The zero-order valence-electron chi connectivity index (χ0n) is 10.9. The summed E-state index contributed by atoms with van der Waals surface area (Å²) < 4.78 is 13.6. The summed E-state index contributed by atoms with van der Waals surface area (Å²) in [7, 11) is 0.